The minimum atomic E-state index is -3.56. The molecule has 0 saturated heterocycles. The van der Waals surface area contributed by atoms with E-state index in [1.54, 1.807) is 12.1 Å². The molecule has 1 aromatic heterocycles. The van der Waals surface area contributed by atoms with Gasteiger partial charge in [-0.3, -0.25) is 14.5 Å². The lowest BCUT2D eigenvalue weighted by molar-refractivity contribution is 0.1000. The van der Waals surface area contributed by atoms with Gasteiger partial charge in [0.05, 0.1) is 21.8 Å². The van der Waals surface area contributed by atoms with Crippen molar-refractivity contribution in [2.45, 2.75) is 31.7 Å². The molecule has 2 aromatic rings. The summed E-state index contributed by atoms with van der Waals surface area (Å²) in [6.07, 6.45) is 0.689. The number of anilines is 1. The summed E-state index contributed by atoms with van der Waals surface area (Å²) in [5.74, 6) is -1.27. The van der Waals surface area contributed by atoms with E-state index in [0.717, 1.165) is 23.5 Å². The number of hydrogen-bond donors (Lipinski definition) is 2. The summed E-state index contributed by atoms with van der Waals surface area (Å²) in [6.45, 7) is 6.02. The molecule has 0 radical (unpaired) electrons. The fourth-order valence-electron chi connectivity index (χ4n) is 3.33. The molecule has 0 bridgehead atoms. The summed E-state index contributed by atoms with van der Waals surface area (Å²) in [4.78, 5) is 28.2. The van der Waals surface area contributed by atoms with Crippen molar-refractivity contribution in [3.63, 3.8) is 0 Å². The van der Waals surface area contributed by atoms with Crippen LogP contribution in [0.2, 0.25) is 0 Å². The van der Waals surface area contributed by atoms with E-state index in [1.807, 2.05) is 0 Å². The second-order valence-corrected chi connectivity index (χ2v) is 9.90. The van der Waals surface area contributed by atoms with E-state index in [9.17, 15) is 18.0 Å². The fourth-order valence-corrected chi connectivity index (χ4v) is 5.71. The second kappa shape index (κ2) is 8.02. The first-order chi connectivity index (χ1) is 13.3. The van der Waals surface area contributed by atoms with Crippen LogP contribution >= 0.6 is 11.3 Å². The van der Waals surface area contributed by atoms with Crippen LogP contribution in [0.5, 0.6) is 0 Å². The van der Waals surface area contributed by atoms with Crippen molar-refractivity contribution >= 4 is 38.0 Å². The van der Waals surface area contributed by atoms with Crippen LogP contribution in [0.4, 0.5) is 5.00 Å². The largest absolute Gasteiger partial charge is 0.365 e. The summed E-state index contributed by atoms with van der Waals surface area (Å²) in [7, 11) is -3.56. The molecule has 2 amide bonds. The molecule has 2 heterocycles. The van der Waals surface area contributed by atoms with Gasteiger partial charge in [0.2, 0.25) is 0 Å². The average molecular weight is 422 g/mol. The third-order valence-corrected chi connectivity index (χ3v) is 7.82. The second-order valence-electron chi connectivity index (χ2n) is 6.54. The molecule has 3 N–H and O–H groups in total. The van der Waals surface area contributed by atoms with Crippen molar-refractivity contribution in [2.24, 2.45) is 5.73 Å². The van der Waals surface area contributed by atoms with Crippen LogP contribution in [0.3, 0.4) is 0 Å². The predicted molar refractivity (Wildman–Crippen MR) is 110 cm³/mol. The molecule has 0 aliphatic carbocycles. The number of hydrogen-bond acceptors (Lipinski definition) is 6. The quantitative estimate of drug-likeness (QED) is 0.744. The summed E-state index contributed by atoms with van der Waals surface area (Å²) in [5, 5.41) is 3.11. The predicted octanol–water partition coefficient (Wildman–Crippen LogP) is 2.27. The van der Waals surface area contributed by atoms with Crippen LogP contribution in [0.1, 0.15) is 45.0 Å². The standard InChI is InChI=1S/C19H23N3O4S2/c1-3-22-10-9-12-14(11-22)27-19(16(12)17(20)23)21-18(24)13-7-5-6-8-15(13)28(25,26)4-2/h5-8H,3-4,9-11H2,1-2H3,(H2,20,23)(H,21,24). The van der Waals surface area contributed by atoms with Gasteiger partial charge in [0.15, 0.2) is 9.84 Å². The molecule has 150 valence electrons. The van der Waals surface area contributed by atoms with Gasteiger partial charge in [-0.15, -0.1) is 11.3 Å². The molecule has 1 aliphatic rings. The Morgan fingerprint density at radius 3 is 2.61 bits per heavy atom. The van der Waals surface area contributed by atoms with Crippen molar-refractivity contribution in [3.05, 3.63) is 45.8 Å². The molecule has 0 unspecified atom stereocenters. The Balaban J connectivity index is 1.99. The molecule has 0 fully saturated rings. The molecule has 7 nitrogen and oxygen atoms in total. The van der Waals surface area contributed by atoms with Crippen LogP contribution in [-0.4, -0.2) is 44.0 Å². The number of carbonyl (C=O) groups is 2. The molecular formula is C19H23N3O4S2. The summed E-state index contributed by atoms with van der Waals surface area (Å²) >= 11 is 1.33. The summed E-state index contributed by atoms with van der Waals surface area (Å²) in [5.41, 5.74) is 6.86. The van der Waals surface area contributed by atoms with Gasteiger partial charge in [-0.1, -0.05) is 26.0 Å². The minimum Gasteiger partial charge on any atom is -0.365 e. The lowest BCUT2D eigenvalue weighted by atomic mass is 10.0. The molecule has 28 heavy (non-hydrogen) atoms. The number of carbonyl (C=O) groups excluding carboxylic acids is 2. The maximum absolute atomic E-state index is 12.9. The van der Waals surface area contributed by atoms with Crippen molar-refractivity contribution in [1.82, 2.24) is 4.90 Å². The van der Waals surface area contributed by atoms with E-state index in [4.69, 9.17) is 5.73 Å². The van der Waals surface area contributed by atoms with Gasteiger partial charge in [-0.05, 0) is 30.7 Å². The number of nitrogens with one attached hydrogen (secondary N) is 1. The van der Waals surface area contributed by atoms with Crippen LogP contribution in [0.15, 0.2) is 29.2 Å². The molecule has 3 rings (SSSR count). The number of primary amides is 1. The van der Waals surface area contributed by atoms with E-state index >= 15 is 0 Å². The zero-order chi connectivity index (χ0) is 20.5. The van der Waals surface area contributed by atoms with Crippen molar-refractivity contribution < 1.29 is 18.0 Å². The maximum Gasteiger partial charge on any atom is 0.257 e. The van der Waals surface area contributed by atoms with Gasteiger partial charge in [-0.2, -0.15) is 0 Å². The zero-order valence-electron chi connectivity index (χ0n) is 15.8. The number of rotatable bonds is 6. The Kier molecular flexibility index (Phi) is 5.87. The van der Waals surface area contributed by atoms with Crippen LogP contribution in [0.25, 0.3) is 0 Å². The van der Waals surface area contributed by atoms with Crippen LogP contribution in [0, 0.1) is 0 Å². The SMILES string of the molecule is CCN1CCc2c(sc(NC(=O)c3ccccc3S(=O)(=O)CC)c2C(N)=O)C1. The highest BCUT2D eigenvalue weighted by Gasteiger charge is 2.28. The molecule has 0 spiro atoms. The molecular weight excluding hydrogens is 398 g/mol. The number of nitrogens with zero attached hydrogens (tertiary/aromatic N) is 1. The van der Waals surface area contributed by atoms with Gasteiger partial charge in [0.25, 0.3) is 11.8 Å². The first-order valence-electron chi connectivity index (χ1n) is 9.08. The number of thiophene rings is 1. The lowest BCUT2D eigenvalue weighted by Crippen LogP contribution is -2.30. The van der Waals surface area contributed by atoms with Gasteiger partial charge in [0.1, 0.15) is 5.00 Å². The monoisotopic (exact) mass is 421 g/mol. The van der Waals surface area contributed by atoms with Crippen molar-refractivity contribution in [1.29, 1.82) is 0 Å². The third kappa shape index (κ3) is 3.82. The number of fused-ring (bicyclic) bond motifs is 1. The Bertz CT molecular complexity index is 1030. The third-order valence-electron chi connectivity index (χ3n) is 4.90. The smallest absolute Gasteiger partial charge is 0.257 e. The zero-order valence-corrected chi connectivity index (χ0v) is 17.5. The Labute approximate surface area is 168 Å². The molecule has 9 heteroatoms. The van der Waals surface area contributed by atoms with Crippen molar-refractivity contribution in [2.75, 3.05) is 24.2 Å². The Hall–Kier alpha value is -2.23. The average Bonchev–Trinajstić information content (AvgIpc) is 3.04. The number of likely N-dealkylation sites (N-methyl/N-ethyl adjacent to an activating group) is 1. The van der Waals surface area contributed by atoms with Gasteiger partial charge < -0.3 is 11.1 Å². The fraction of sp³-hybridized carbons (Fsp3) is 0.368. The van der Waals surface area contributed by atoms with Crippen LogP contribution < -0.4 is 11.1 Å². The topological polar surface area (TPSA) is 110 Å². The molecule has 1 aliphatic heterocycles. The first kappa shape index (κ1) is 20.5. The normalized spacial score (nSPS) is 14.5. The first-order valence-corrected chi connectivity index (χ1v) is 11.5. The minimum absolute atomic E-state index is 0.0193. The highest BCUT2D eigenvalue weighted by Crippen LogP contribution is 2.37. The number of sulfone groups is 1. The molecule has 0 atom stereocenters. The van der Waals surface area contributed by atoms with E-state index in [0.29, 0.717) is 23.5 Å². The van der Waals surface area contributed by atoms with Gasteiger partial charge >= 0.3 is 0 Å². The van der Waals surface area contributed by atoms with E-state index < -0.39 is 21.7 Å². The highest BCUT2D eigenvalue weighted by molar-refractivity contribution is 7.91. The number of amides is 2. The Morgan fingerprint density at radius 1 is 1.25 bits per heavy atom. The van der Waals surface area contributed by atoms with Gasteiger partial charge in [0, 0.05) is 18.0 Å². The van der Waals surface area contributed by atoms with Crippen molar-refractivity contribution in [3.8, 4) is 0 Å². The summed E-state index contributed by atoms with van der Waals surface area (Å²) in [6, 6.07) is 6.07. The molecule has 1 aromatic carbocycles. The summed E-state index contributed by atoms with van der Waals surface area (Å²) < 4.78 is 24.7. The number of benzene rings is 1. The highest BCUT2D eigenvalue weighted by atomic mass is 32.2. The Morgan fingerprint density at radius 2 is 1.96 bits per heavy atom. The van der Waals surface area contributed by atoms with Gasteiger partial charge in [-0.25, -0.2) is 8.42 Å². The lowest BCUT2D eigenvalue weighted by Gasteiger charge is -2.25. The molecule has 0 saturated carbocycles. The van der Waals surface area contributed by atoms with E-state index in [2.05, 4.69) is 17.1 Å². The number of nitrogens with two attached hydrogens (primary N) is 1. The van der Waals surface area contributed by atoms with E-state index in [-0.39, 0.29) is 16.2 Å². The van der Waals surface area contributed by atoms with Crippen LogP contribution in [-0.2, 0) is 22.8 Å². The van der Waals surface area contributed by atoms with E-state index in [1.165, 1.54) is 30.4 Å². The maximum atomic E-state index is 12.9.